The molecule has 2 heterocycles. The molecule has 0 amide bonds. The van der Waals surface area contributed by atoms with E-state index in [1.807, 2.05) is 6.20 Å². The fourth-order valence-electron chi connectivity index (χ4n) is 1.39. The van der Waals surface area contributed by atoms with Gasteiger partial charge in [0.05, 0.1) is 11.9 Å². The standard InChI is InChI=1S/C10H14N6/c11-8-6-12-7-16-10(8)15-3-1-2-9-13-4-5-14-9/h4-7H,1-3,11H2,(H,13,14)(H,12,15,16). The molecule has 4 N–H and O–H groups in total. The van der Waals surface area contributed by atoms with Crippen molar-refractivity contribution in [3.63, 3.8) is 0 Å². The molecule has 0 saturated carbocycles. The Morgan fingerprint density at radius 1 is 1.38 bits per heavy atom. The van der Waals surface area contributed by atoms with Crippen LogP contribution < -0.4 is 11.1 Å². The number of nitrogen functional groups attached to an aromatic ring is 1. The van der Waals surface area contributed by atoms with E-state index in [1.54, 1.807) is 12.4 Å². The summed E-state index contributed by atoms with van der Waals surface area (Å²) in [6.07, 6.45) is 8.52. The molecule has 0 aliphatic rings. The molecule has 0 unspecified atom stereocenters. The van der Waals surface area contributed by atoms with Crippen LogP contribution in [0.3, 0.4) is 0 Å². The predicted molar refractivity (Wildman–Crippen MR) is 61.8 cm³/mol. The van der Waals surface area contributed by atoms with E-state index in [1.165, 1.54) is 6.33 Å². The number of hydrogen-bond acceptors (Lipinski definition) is 5. The van der Waals surface area contributed by atoms with Gasteiger partial charge in [-0.2, -0.15) is 0 Å². The molecule has 0 fully saturated rings. The first kappa shape index (κ1) is 10.4. The van der Waals surface area contributed by atoms with Crippen molar-refractivity contribution in [2.45, 2.75) is 12.8 Å². The zero-order valence-electron chi connectivity index (χ0n) is 8.85. The third-order valence-corrected chi connectivity index (χ3v) is 2.18. The summed E-state index contributed by atoms with van der Waals surface area (Å²) in [4.78, 5) is 15.1. The maximum absolute atomic E-state index is 5.69. The summed E-state index contributed by atoms with van der Waals surface area (Å²) in [5.74, 6) is 1.69. The molecule has 0 bridgehead atoms. The second kappa shape index (κ2) is 5.11. The van der Waals surface area contributed by atoms with Gasteiger partial charge in [-0.3, -0.25) is 0 Å². The fourth-order valence-corrected chi connectivity index (χ4v) is 1.39. The summed E-state index contributed by atoms with van der Waals surface area (Å²) < 4.78 is 0. The molecule has 0 saturated heterocycles. The molecule has 0 aliphatic carbocycles. The molecule has 0 spiro atoms. The molecule has 2 rings (SSSR count). The molecule has 0 aliphatic heterocycles. The Kier molecular flexibility index (Phi) is 3.32. The van der Waals surface area contributed by atoms with Crippen molar-refractivity contribution in [3.8, 4) is 0 Å². The van der Waals surface area contributed by atoms with Crippen molar-refractivity contribution in [2.24, 2.45) is 0 Å². The summed E-state index contributed by atoms with van der Waals surface area (Å²) in [6.45, 7) is 0.807. The van der Waals surface area contributed by atoms with Crippen LogP contribution in [0.25, 0.3) is 0 Å². The summed E-state index contributed by atoms with van der Waals surface area (Å²) >= 11 is 0. The van der Waals surface area contributed by atoms with Crippen molar-refractivity contribution in [1.82, 2.24) is 19.9 Å². The van der Waals surface area contributed by atoms with E-state index < -0.39 is 0 Å². The second-order valence-electron chi connectivity index (χ2n) is 3.39. The molecular formula is C10H14N6. The van der Waals surface area contributed by atoms with E-state index in [-0.39, 0.29) is 0 Å². The lowest BCUT2D eigenvalue weighted by Crippen LogP contribution is -2.07. The normalized spacial score (nSPS) is 10.2. The molecule has 16 heavy (non-hydrogen) atoms. The van der Waals surface area contributed by atoms with Crippen LogP contribution in [0.1, 0.15) is 12.2 Å². The lowest BCUT2D eigenvalue weighted by molar-refractivity contribution is 0.813. The van der Waals surface area contributed by atoms with Crippen LogP contribution in [-0.2, 0) is 6.42 Å². The molecule has 6 nitrogen and oxygen atoms in total. The van der Waals surface area contributed by atoms with Crippen LogP contribution in [0.15, 0.2) is 24.9 Å². The minimum atomic E-state index is 0.570. The Morgan fingerprint density at radius 3 is 3.06 bits per heavy atom. The predicted octanol–water partition coefficient (Wildman–Crippen LogP) is 0.827. The number of nitrogens with zero attached hydrogens (tertiary/aromatic N) is 3. The topological polar surface area (TPSA) is 92.5 Å². The third kappa shape index (κ3) is 2.69. The number of aryl methyl sites for hydroxylation is 1. The quantitative estimate of drug-likeness (QED) is 0.646. The number of anilines is 2. The van der Waals surface area contributed by atoms with E-state index >= 15 is 0 Å². The first-order valence-electron chi connectivity index (χ1n) is 5.14. The van der Waals surface area contributed by atoms with Gasteiger partial charge in [0.1, 0.15) is 12.2 Å². The first-order chi connectivity index (χ1) is 7.86. The molecule has 0 radical (unpaired) electrons. The Balaban J connectivity index is 1.74. The smallest absolute Gasteiger partial charge is 0.152 e. The molecule has 2 aromatic rings. The van der Waals surface area contributed by atoms with E-state index in [0.29, 0.717) is 11.5 Å². The number of H-pyrrole nitrogens is 1. The zero-order valence-corrected chi connectivity index (χ0v) is 8.85. The van der Waals surface area contributed by atoms with Crippen LogP contribution in [-0.4, -0.2) is 26.5 Å². The third-order valence-electron chi connectivity index (χ3n) is 2.18. The van der Waals surface area contributed by atoms with Crippen LogP contribution in [0.4, 0.5) is 11.5 Å². The number of aromatic nitrogens is 4. The highest BCUT2D eigenvalue weighted by Crippen LogP contribution is 2.11. The number of hydrogen-bond donors (Lipinski definition) is 3. The summed E-state index contributed by atoms with van der Waals surface area (Å²) in [7, 11) is 0. The number of aromatic amines is 1. The fraction of sp³-hybridized carbons (Fsp3) is 0.300. The maximum Gasteiger partial charge on any atom is 0.152 e. The van der Waals surface area contributed by atoms with Crippen LogP contribution in [0, 0.1) is 0 Å². The minimum Gasteiger partial charge on any atom is -0.394 e. The van der Waals surface area contributed by atoms with Crippen LogP contribution >= 0.6 is 0 Å². The minimum absolute atomic E-state index is 0.570. The lowest BCUT2D eigenvalue weighted by Gasteiger charge is -2.06. The monoisotopic (exact) mass is 218 g/mol. The maximum atomic E-state index is 5.69. The van der Waals surface area contributed by atoms with Crippen molar-refractivity contribution in [3.05, 3.63) is 30.7 Å². The second-order valence-corrected chi connectivity index (χ2v) is 3.39. The SMILES string of the molecule is Nc1cncnc1NCCCc1ncc[nH]1. The number of nitrogens with two attached hydrogens (primary N) is 1. The number of rotatable bonds is 5. The van der Waals surface area contributed by atoms with Gasteiger partial charge in [-0.05, 0) is 6.42 Å². The van der Waals surface area contributed by atoms with Gasteiger partial charge in [0, 0.05) is 25.4 Å². The molecule has 6 heteroatoms. The summed E-state index contributed by atoms with van der Waals surface area (Å²) in [5, 5.41) is 3.16. The average Bonchev–Trinajstić information content (AvgIpc) is 2.79. The molecule has 2 aromatic heterocycles. The highest BCUT2D eigenvalue weighted by molar-refractivity contribution is 5.58. The van der Waals surface area contributed by atoms with E-state index in [0.717, 1.165) is 25.2 Å². The highest BCUT2D eigenvalue weighted by Gasteiger charge is 1.99. The number of imidazole rings is 1. The Labute approximate surface area is 93.3 Å². The van der Waals surface area contributed by atoms with Gasteiger partial charge in [-0.1, -0.05) is 0 Å². The van der Waals surface area contributed by atoms with Crippen LogP contribution in [0.5, 0.6) is 0 Å². The highest BCUT2D eigenvalue weighted by atomic mass is 15.0. The van der Waals surface area contributed by atoms with Gasteiger partial charge in [0.25, 0.3) is 0 Å². The van der Waals surface area contributed by atoms with E-state index in [2.05, 4.69) is 25.3 Å². The summed E-state index contributed by atoms with van der Waals surface area (Å²) in [5.41, 5.74) is 6.26. The van der Waals surface area contributed by atoms with Gasteiger partial charge in [-0.15, -0.1) is 0 Å². The van der Waals surface area contributed by atoms with Gasteiger partial charge in [-0.25, -0.2) is 15.0 Å². The Bertz CT molecular complexity index is 425. The molecule has 0 aromatic carbocycles. The first-order valence-corrected chi connectivity index (χ1v) is 5.14. The largest absolute Gasteiger partial charge is 0.394 e. The lowest BCUT2D eigenvalue weighted by atomic mass is 10.3. The Morgan fingerprint density at radius 2 is 2.31 bits per heavy atom. The van der Waals surface area contributed by atoms with Crippen molar-refractivity contribution >= 4 is 11.5 Å². The van der Waals surface area contributed by atoms with E-state index in [4.69, 9.17) is 5.73 Å². The average molecular weight is 218 g/mol. The Hall–Kier alpha value is -2.11. The van der Waals surface area contributed by atoms with Crippen molar-refractivity contribution in [2.75, 3.05) is 17.6 Å². The van der Waals surface area contributed by atoms with Crippen molar-refractivity contribution in [1.29, 1.82) is 0 Å². The van der Waals surface area contributed by atoms with Gasteiger partial charge >= 0.3 is 0 Å². The van der Waals surface area contributed by atoms with Gasteiger partial charge in [0.2, 0.25) is 0 Å². The van der Waals surface area contributed by atoms with Gasteiger partial charge < -0.3 is 16.0 Å². The van der Waals surface area contributed by atoms with Crippen molar-refractivity contribution < 1.29 is 0 Å². The molecule has 0 atom stereocenters. The van der Waals surface area contributed by atoms with Crippen LogP contribution in [0.2, 0.25) is 0 Å². The zero-order chi connectivity index (χ0) is 11.2. The molecule has 84 valence electrons. The molecular weight excluding hydrogens is 204 g/mol. The van der Waals surface area contributed by atoms with E-state index in [9.17, 15) is 0 Å². The number of nitrogens with one attached hydrogen (secondary N) is 2. The van der Waals surface area contributed by atoms with Gasteiger partial charge in [0.15, 0.2) is 5.82 Å². The summed E-state index contributed by atoms with van der Waals surface area (Å²) in [6, 6.07) is 0.